The van der Waals surface area contributed by atoms with Gasteiger partial charge in [-0.05, 0) is 0 Å². The van der Waals surface area contributed by atoms with E-state index in [0.717, 1.165) is 0 Å². The number of hydrogen-bond donors (Lipinski definition) is 1. The Morgan fingerprint density at radius 1 is 1.14 bits per heavy atom. The summed E-state index contributed by atoms with van der Waals surface area (Å²) in [6.45, 7) is 1.53. The molecule has 1 amide bonds. The number of Topliss-reactive ketones (excluding diaryl/α,β-unsaturated/α-hetero) is 1. The summed E-state index contributed by atoms with van der Waals surface area (Å²) in [7, 11) is 0. The van der Waals surface area contributed by atoms with Crippen molar-refractivity contribution in [2.75, 3.05) is 0 Å². The molecular formula is C18H14N6O4. The molecule has 0 bridgehead atoms. The van der Waals surface area contributed by atoms with E-state index in [1.54, 1.807) is 12.1 Å². The molecule has 0 saturated heterocycles. The van der Waals surface area contributed by atoms with E-state index >= 15 is 0 Å². The summed E-state index contributed by atoms with van der Waals surface area (Å²) in [5.74, 6) is -0.164. The molecule has 140 valence electrons. The second kappa shape index (κ2) is 6.91. The van der Waals surface area contributed by atoms with E-state index in [1.807, 2.05) is 18.2 Å². The number of aromatic nitrogens is 5. The maximum absolute atomic E-state index is 11.8. The molecule has 3 aromatic heterocycles. The van der Waals surface area contributed by atoms with E-state index in [4.69, 9.17) is 14.6 Å². The number of rotatable bonds is 6. The van der Waals surface area contributed by atoms with Crippen LogP contribution in [0, 0.1) is 0 Å². The highest BCUT2D eigenvalue weighted by Gasteiger charge is 2.22. The maximum atomic E-state index is 11.8. The number of nitrogens with two attached hydrogens (primary N) is 1. The van der Waals surface area contributed by atoms with Gasteiger partial charge in [0.25, 0.3) is 11.8 Å². The number of carbonyl (C=O) groups is 2. The fourth-order valence-corrected chi connectivity index (χ4v) is 2.54. The van der Waals surface area contributed by atoms with Crippen molar-refractivity contribution in [3.63, 3.8) is 0 Å². The van der Waals surface area contributed by atoms with Gasteiger partial charge in [0.2, 0.25) is 11.7 Å². The van der Waals surface area contributed by atoms with Crippen LogP contribution < -0.4 is 5.73 Å². The fourth-order valence-electron chi connectivity index (χ4n) is 2.54. The third kappa shape index (κ3) is 3.30. The van der Waals surface area contributed by atoms with Crippen LogP contribution in [0.15, 0.2) is 51.6 Å². The lowest BCUT2D eigenvalue weighted by molar-refractivity contribution is 0.0975. The van der Waals surface area contributed by atoms with Gasteiger partial charge in [-0.1, -0.05) is 30.3 Å². The Kier molecular flexibility index (Phi) is 4.28. The first kappa shape index (κ1) is 17.3. The van der Waals surface area contributed by atoms with Crippen LogP contribution in [0.2, 0.25) is 0 Å². The highest BCUT2D eigenvalue weighted by atomic mass is 16.4. The molecule has 10 nitrogen and oxygen atoms in total. The molecule has 0 spiro atoms. The molecule has 28 heavy (non-hydrogen) atoms. The zero-order valence-electron chi connectivity index (χ0n) is 14.7. The number of ketones is 1. The molecule has 0 unspecified atom stereocenters. The van der Waals surface area contributed by atoms with Crippen LogP contribution in [0.4, 0.5) is 0 Å². The lowest BCUT2D eigenvalue weighted by atomic mass is 10.1. The van der Waals surface area contributed by atoms with Crippen molar-refractivity contribution in [1.82, 2.24) is 25.0 Å². The normalized spacial score (nSPS) is 10.9. The maximum Gasteiger partial charge on any atom is 0.271 e. The lowest BCUT2D eigenvalue weighted by Crippen LogP contribution is -2.12. The average molecular weight is 378 g/mol. The first-order valence-corrected chi connectivity index (χ1v) is 8.23. The third-order valence-electron chi connectivity index (χ3n) is 3.80. The van der Waals surface area contributed by atoms with Gasteiger partial charge in [0.1, 0.15) is 12.3 Å². The predicted molar refractivity (Wildman–Crippen MR) is 95.1 cm³/mol. The van der Waals surface area contributed by atoms with Gasteiger partial charge in [-0.25, -0.2) is 9.97 Å². The molecule has 0 fully saturated rings. The molecule has 0 atom stereocenters. The number of amides is 1. The van der Waals surface area contributed by atoms with Crippen molar-refractivity contribution in [2.24, 2.45) is 5.73 Å². The van der Waals surface area contributed by atoms with Crippen LogP contribution in [0.1, 0.15) is 33.9 Å². The zero-order valence-corrected chi connectivity index (χ0v) is 14.7. The number of nitrogens with zero attached hydrogens (tertiary/aromatic N) is 5. The number of oxazole rings is 2. The summed E-state index contributed by atoms with van der Waals surface area (Å²) in [5.41, 5.74) is 6.42. The Labute approximate surface area is 158 Å². The Hall–Kier alpha value is -4.08. The van der Waals surface area contributed by atoms with Gasteiger partial charge in [-0.2, -0.15) is 9.90 Å². The van der Waals surface area contributed by atoms with Crippen LogP contribution >= 0.6 is 0 Å². The summed E-state index contributed by atoms with van der Waals surface area (Å²) in [5, 5.41) is 8.38. The Morgan fingerprint density at radius 2 is 1.93 bits per heavy atom. The second-order valence-electron chi connectivity index (χ2n) is 5.88. The largest absolute Gasteiger partial charge is 0.437 e. The molecule has 0 saturated carbocycles. The summed E-state index contributed by atoms with van der Waals surface area (Å²) in [6.07, 6.45) is 2.87. The minimum atomic E-state index is -0.709. The second-order valence-corrected chi connectivity index (χ2v) is 5.88. The van der Waals surface area contributed by atoms with Crippen LogP contribution in [-0.2, 0) is 6.54 Å². The summed E-state index contributed by atoms with van der Waals surface area (Å²) >= 11 is 0. The predicted octanol–water partition coefficient (Wildman–Crippen LogP) is 1.94. The monoisotopic (exact) mass is 378 g/mol. The molecular weight excluding hydrogens is 364 g/mol. The number of carbonyl (C=O) groups excluding carboxylic acids is 2. The topological polar surface area (TPSA) is 143 Å². The van der Waals surface area contributed by atoms with Gasteiger partial charge in [0, 0.05) is 12.5 Å². The van der Waals surface area contributed by atoms with Crippen molar-refractivity contribution in [3.8, 4) is 22.9 Å². The van der Waals surface area contributed by atoms with Crippen LogP contribution in [-0.4, -0.2) is 36.7 Å². The SMILES string of the molecule is CC(=O)c1ncc(Cn2ncc(-c3nc(C(N)=O)c(-c4ccccc4)o3)n2)o1. The van der Waals surface area contributed by atoms with Crippen LogP contribution in [0.25, 0.3) is 22.9 Å². The first-order valence-electron chi connectivity index (χ1n) is 8.23. The number of primary amides is 1. The standard InChI is InChI=1S/C18H14N6O4/c1-10(25)17-20-7-12(27-17)9-24-21-8-13(23-24)18-22-14(16(19)26)15(28-18)11-5-3-2-4-6-11/h2-8H,9H2,1H3,(H2,19,26). The van der Waals surface area contributed by atoms with Crippen LogP contribution in [0.3, 0.4) is 0 Å². The molecule has 4 aromatic rings. The van der Waals surface area contributed by atoms with Gasteiger partial charge in [-0.15, -0.1) is 5.10 Å². The van der Waals surface area contributed by atoms with E-state index in [1.165, 1.54) is 24.1 Å². The van der Waals surface area contributed by atoms with Gasteiger partial charge >= 0.3 is 0 Å². The molecule has 4 rings (SSSR count). The molecule has 0 aliphatic carbocycles. The molecule has 1 aromatic carbocycles. The smallest absolute Gasteiger partial charge is 0.271 e. The molecule has 0 radical (unpaired) electrons. The summed E-state index contributed by atoms with van der Waals surface area (Å²) in [4.78, 5) is 32.4. The van der Waals surface area contributed by atoms with Gasteiger partial charge in [-0.3, -0.25) is 9.59 Å². The summed E-state index contributed by atoms with van der Waals surface area (Å²) in [6, 6.07) is 9.03. The van der Waals surface area contributed by atoms with E-state index < -0.39 is 5.91 Å². The lowest BCUT2D eigenvalue weighted by Gasteiger charge is -1.96. The molecule has 0 aliphatic rings. The third-order valence-corrected chi connectivity index (χ3v) is 3.80. The van der Waals surface area contributed by atoms with Crippen molar-refractivity contribution in [2.45, 2.75) is 13.5 Å². The molecule has 0 aliphatic heterocycles. The zero-order chi connectivity index (χ0) is 19.7. The van der Waals surface area contributed by atoms with Crippen molar-refractivity contribution < 1.29 is 18.4 Å². The van der Waals surface area contributed by atoms with E-state index in [9.17, 15) is 9.59 Å². The molecule has 10 heteroatoms. The Morgan fingerprint density at radius 3 is 2.61 bits per heavy atom. The minimum Gasteiger partial charge on any atom is -0.437 e. The van der Waals surface area contributed by atoms with Gasteiger partial charge in [0.15, 0.2) is 17.1 Å². The van der Waals surface area contributed by atoms with E-state index in [0.29, 0.717) is 17.0 Å². The first-order chi connectivity index (χ1) is 13.5. The quantitative estimate of drug-likeness (QED) is 0.501. The van der Waals surface area contributed by atoms with Crippen molar-refractivity contribution in [3.05, 3.63) is 60.1 Å². The number of benzene rings is 1. The minimum absolute atomic E-state index is 0.0112. The van der Waals surface area contributed by atoms with Crippen LogP contribution in [0.5, 0.6) is 0 Å². The fraction of sp³-hybridized carbons (Fsp3) is 0.111. The van der Waals surface area contributed by atoms with E-state index in [2.05, 4.69) is 20.2 Å². The van der Waals surface area contributed by atoms with Gasteiger partial charge < -0.3 is 14.6 Å². The Balaban J connectivity index is 1.63. The summed E-state index contributed by atoms with van der Waals surface area (Å²) < 4.78 is 11.1. The van der Waals surface area contributed by atoms with Gasteiger partial charge in [0.05, 0.1) is 12.4 Å². The highest BCUT2D eigenvalue weighted by Crippen LogP contribution is 2.28. The Bertz CT molecular complexity index is 1160. The van der Waals surface area contributed by atoms with Crippen molar-refractivity contribution in [1.29, 1.82) is 0 Å². The highest BCUT2D eigenvalue weighted by molar-refractivity contribution is 5.97. The van der Waals surface area contributed by atoms with Crippen molar-refractivity contribution >= 4 is 11.7 Å². The van der Waals surface area contributed by atoms with E-state index in [-0.39, 0.29) is 35.6 Å². The molecule has 2 N–H and O–H groups in total. The average Bonchev–Trinajstić information content (AvgIpc) is 3.42. The number of hydrogen-bond acceptors (Lipinski definition) is 8. The molecule has 3 heterocycles.